The van der Waals surface area contributed by atoms with E-state index in [1.54, 1.807) is 0 Å². The van der Waals surface area contributed by atoms with E-state index in [0.717, 1.165) is 31.5 Å². The van der Waals surface area contributed by atoms with Crippen molar-refractivity contribution in [3.63, 3.8) is 0 Å². The fourth-order valence-electron chi connectivity index (χ4n) is 3.44. The molecule has 0 atom stereocenters. The molecule has 0 spiro atoms. The fourth-order valence-corrected chi connectivity index (χ4v) is 13.1. The average Bonchev–Trinajstić information content (AvgIpc) is 2.65. The highest BCUT2D eigenvalue weighted by Crippen LogP contribution is 2.24. The smallest absolute Gasteiger partial charge is 0.245 e. The standard InChI is InChI=1S/C20H32N2OSi2/c1-24(2,17-9-15-21)23-25(18-10-16-22,19-11-5-3-6-12-19)20-13-7-4-8-14-20/h3-8,11-14H,9-10,15-18,21-22H2,1-2H3. The maximum atomic E-state index is 7.17. The van der Waals surface area contributed by atoms with Gasteiger partial charge in [0.25, 0.3) is 0 Å². The molecule has 2 aromatic carbocycles. The van der Waals surface area contributed by atoms with Crippen molar-refractivity contribution in [2.75, 3.05) is 13.1 Å². The summed E-state index contributed by atoms with van der Waals surface area (Å²) in [6, 6.07) is 23.7. The number of hydrogen-bond donors (Lipinski definition) is 2. The zero-order valence-electron chi connectivity index (χ0n) is 15.6. The molecule has 0 bridgehead atoms. The summed E-state index contributed by atoms with van der Waals surface area (Å²) in [6.45, 7) is 6.09. The van der Waals surface area contributed by atoms with Gasteiger partial charge < -0.3 is 15.6 Å². The Hall–Kier alpha value is -1.25. The highest BCUT2D eigenvalue weighted by atomic mass is 28.4. The van der Waals surface area contributed by atoms with Gasteiger partial charge in [0.2, 0.25) is 8.32 Å². The van der Waals surface area contributed by atoms with Gasteiger partial charge in [0, 0.05) is 0 Å². The lowest BCUT2D eigenvalue weighted by atomic mass is 10.4. The van der Waals surface area contributed by atoms with E-state index in [0.29, 0.717) is 6.54 Å². The van der Waals surface area contributed by atoms with Gasteiger partial charge in [0.05, 0.1) is 0 Å². The Morgan fingerprint density at radius 3 is 1.60 bits per heavy atom. The van der Waals surface area contributed by atoms with Crippen LogP contribution in [0.5, 0.6) is 0 Å². The minimum atomic E-state index is -2.31. The van der Waals surface area contributed by atoms with E-state index in [1.165, 1.54) is 10.4 Å². The molecule has 3 nitrogen and oxygen atoms in total. The van der Waals surface area contributed by atoms with Gasteiger partial charge in [-0.05, 0) is 61.5 Å². The third kappa shape index (κ3) is 5.36. The molecule has 0 amide bonds. The topological polar surface area (TPSA) is 61.3 Å². The lowest BCUT2D eigenvalue weighted by Gasteiger charge is -2.40. The molecule has 0 radical (unpaired) electrons. The van der Waals surface area contributed by atoms with Crippen LogP contribution in [0.2, 0.25) is 25.2 Å². The van der Waals surface area contributed by atoms with Gasteiger partial charge in [0.1, 0.15) is 0 Å². The monoisotopic (exact) mass is 372 g/mol. The van der Waals surface area contributed by atoms with E-state index in [4.69, 9.17) is 15.6 Å². The summed E-state index contributed by atoms with van der Waals surface area (Å²) in [6.07, 6.45) is 2.02. The maximum Gasteiger partial charge on any atom is 0.245 e. The highest BCUT2D eigenvalue weighted by Gasteiger charge is 2.43. The minimum Gasteiger partial charge on any atom is -0.449 e. The molecular weight excluding hydrogens is 340 g/mol. The number of nitrogens with two attached hydrogens (primary N) is 2. The molecule has 0 saturated heterocycles. The average molecular weight is 373 g/mol. The summed E-state index contributed by atoms with van der Waals surface area (Å²) >= 11 is 0. The van der Waals surface area contributed by atoms with E-state index < -0.39 is 16.6 Å². The SMILES string of the molecule is C[Si](C)(CCCN)O[Si](CCCN)(c1ccccc1)c1ccccc1. The molecule has 2 aromatic rings. The Morgan fingerprint density at radius 2 is 1.16 bits per heavy atom. The summed E-state index contributed by atoms with van der Waals surface area (Å²) in [5.74, 6) is 0. The van der Waals surface area contributed by atoms with Gasteiger partial charge in [-0.3, -0.25) is 0 Å². The molecule has 0 aliphatic rings. The van der Waals surface area contributed by atoms with Crippen molar-refractivity contribution in [1.82, 2.24) is 0 Å². The van der Waals surface area contributed by atoms with E-state index >= 15 is 0 Å². The van der Waals surface area contributed by atoms with Crippen LogP contribution in [0, 0.1) is 0 Å². The molecule has 0 aliphatic heterocycles. The molecule has 4 N–H and O–H groups in total. The summed E-state index contributed by atoms with van der Waals surface area (Å²) in [5.41, 5.74) is 11.7. The van der Waals surface area contributed by atoms with E-state index in [2.05, 4.69) is 73.8 Å². The Bertz CT molecular complexity index is 581. The van der Waals surface area contributed by atoms with Gasteiger partial charge in [0.15, 0.2) is 8.32 Å². The molecule has 0 saturated carbocycles. The van der Waals surface area contributed by atoms with Crippen molar-refractivity contribution in [3.05, 3.63) is 60.7 Å². The summed E-state index contributed by atoms with van der Waals surface area (Å²) < 4.78 is 7.17. The van der Waals surface area contributed by atoms with Crippen LogP contribution in [0.25, 0.3) is 0 Å². The first-order chi connectivity index (χ1) is 12.0. The van der Waals surface area contributed by atoms with Crippen LogP contribution in [0.3, 0.4) is 0 Å². The first kappa shape index (κ1) is 20.1. The van der Waals surface area contributed by atoms with E-state index in [-0.39, 0.29) is 0 Å². The second-order valence-electron chi connectivity index (χ2n) is 7.21. The van der Waals surface area contributed by atoms with Crippen LogP contribution in [0.1, 0.15) is 12.8 Å². The normalized spacial score (nSPS) is 12.3. The Kier molecular flexibility index (Phi) is 7.59. The van der Waals surface area contributed by atoms with Crippen LogP contribution < -0.4 is 21.8 Å². The largest absolute Gasteiger partial charge is 0.449 e. The fraction of sp³-hybridized carbons (Fsp3) is 0.400. The lowest BCUT2D eigenvalue weighted by molar-refractivity contribution is 0.544. The van der Waals surface area contributed by atoms with Crippen LogP contribution in [0.15, 0.2) is 60.7 Å². The molecule has 5 heteroatoms. The molecule has 0 aromatic heterocycles. The van der Waals surface area contributed by atoms with Gasteiger partial charge in [-0.2, -0.15) is 0 Å². The van der Waals surface area contributed by atoms with Gasteiger partial charge in [-0.1, -0.05) is 60.7 Å². The second-order valence-corrected chi connectivity index (χ2v) is 15.3. The van der Waals surface area contributed by atoms with Crippen molar-refractivity contribution in [1.29, 1.82) is 0 Å². The maximum absolute atomic E-state index is 7.17. The molecule has 25 heavy (non-hydrogen) atoms. The molecule has 0 unspecified atom stereocenters. The molecule has 0 fully saturated rings. The van der Waals surface area contributed by atoms with Gasteiger partial charge >= 0.3 is 0 Å². The highest BCUT2D eigenvalue weighted by molar-refractivity contribution is 7.02. The van der Waals surface area contributed by atoms with Gasteiger partial charge in [-0.15, -0.1) is 0 Å². The first-order valence-corrected chi connectivity index (χ1v) is 14.5. The Labute approximate surface area is 154 Å². The van der Waals surface area contributed by atoms with Crippen LogP contribution in [0.4, 0.5) is 0 Å². The first-order valence-electron chi connectivity index (χ1n) is 9.25. The zero-order chi connectivity index (χ0) is 18.2. The molecule has 0 aliphatic carbocycles. The number of benzene rings is 2. The van der Waals surface area contributed by atoms with E-state index in [1.807, 2.05) is 0 Å². The van der Waals surface area contributed by atoms with Gasteiger partial charge in [-0.25, -0.2) is 0 Å². The van der Waals surface area contributed by atoms with E-state index in [9.17, 15) is 0 Å². The zero-order valence-corrected chi connectivity index (χ0v) is 17.6. The molecule has 0 heterocycles. The molecule has 136 valence electrons. The Balaban J connectivity index is 2.51. The third-order valence-corrected chi connectivity index (χ3v) is 13.4. The van der Waals surface area contributed by atoms with Crippen molar-refractivity contribution in [2.24, 2.45) is 11.5 Å². The number of rotatable bonds is 10. The van der Waals surface area contributed by atoms with Crippen molar-refractivity contribution >= 4 is 27.0 Å². The number of hydrogen-bond acceptors (Lipinski definition) is 3. The quantitative estimate of drug-likeness (QED) is 0.630. The van der Waals surface area contributed by atoms with Crippen LogP contribution >= 0.6 is 0 Å². The molecule has 2 rings (SSSR count). The third-order valence-electron chi connectivity index (χ3n) is 4.65. The van der Waals surface area contributed by atoms with Crippen molar-refractivity contribution in [2.45, 2.75) is 38.0 Å². The minimum absolute atomic E-state index is 0.697. The van der Waals surface area contributed by atoms with Crippen LogP contribution in [-0.2, 0) is 4.12 Å². The van der Waals surface area contributed by atoms with Crippen molar-refractivity contribution in [3.8, 4) is 0 Å². The lowest BCUT2D eigenvalue weighted by Crippen LogP contribution is -2.65. The predicted molar refractivity (Wildman–Crippen MR) is 113 cm³/mol. The predicted octanol–water partition coefficient (Wildman–Crippen LogP) is 2.67. The summed E-state index contributed by atoms with van der Waals surface area (Å²) in [7, 11) is -4.15. The van der Waals surface area contributed by atoms with Crippen LogP contribution in [-0.4, -0.2) is 29.7 Å². The summed E-state index contributed by atoms with van der Waals surface area (Å²) in [4.78, 5) is 0. The van der Waals surface area contributed by atoms with Crippen molar-refractivity contribution < 1.29 is 4.12 Å². The molecular formula is C20H32N2OSi2. The Morgan fingerprint density at radius 1 is 0.720 bits per heavy atom. The second kappa shape index (κ2) is 9.45. The summed E-state index contributed by atoms with van der Waals surface area (Å²) in [5, 5.41) is 2.70.